The molecule has 6 nitrogen and oxygen atoms in total. The fourth-order valence-electron chi connectivity index (χ4n) is 4.11. The Kier molecular flexibility index (Phi) is 7.14. The van der Waals surface area contributed by atoms with Crippen LogP contribution in [0.3, 0.4) is 0 Å². The largest absolute Gasteiger partial charge is 0.493 e. The highest BCUT2D eigenvalue weighted by Gasteiger charge is 2.36. The van der Waals surface area contributed by atoms with Gasteiger partial charge in [-0.1, -0.05) is 6.07 Å². The number of esters is 1. The maximum absolute atomic E-state index is 13.2. The maximum Gasteiger partial charge on any atom is 0.340 e. The molecular weight excluding hydrogens is 450 g/mol. The van der Waals surface area contributed by atoms with E-state index in [1.807, 2.05) is 45.0 Å². The zero-order valence-corrected chi connectivity index (χ0v) is 20.7. The molecule has 1 atom stereocenters. The Balaban J connectivity index is 1.99. The van der Waals surface area contributed by atoms with Crippen LogP contribution in [0.4, 0.5) is 0 Å². The topological polar surface area (TPSA) is 74.7 Å². The Bertz CT molecular complexity index is 1180. The minimum Gasteiger partial charge on any atom is -0.493 e. The third kappa shape index (κ3) is 5.05. The second kappa shape index (κ2) is 10.1. The first-order chi connectivity index (χ1) is 16.3. The van der Waals surface area contributed by atoms with Gasteiger partial charge in [-0.25, -0.2) is 4.79 Å². The van der Waals surface area contributed by atoms with Crippen molar-refractivity contribution in [1.29, 1.82) is 0 Å². The highest BCUT2D eigenvalue weighted by atomic mass is 32.1. The normalized spacial score (nSPS) is 14.1. The molecule has 0 amide bonds. The fourth-order valence-corrected chi connectivity index (χ4v) is 5.29. The van der Waals surface area contributed by atoms with E-state index in [4.69, 9.17) is 14.2 Å². The van der Waals surface area contributed by atoms with E-state index in [1.54, 1.807) is 19.3 Å². The summed E-state index contributed by atoms with van der Waals surface area (Å²) in [6, 6.07) is 9.84. The van der Waals surface area contributed by atoms with E-state index in [2.05, 4.69) is 11.1 Å². The zero-order chi connectivity index (χ0) is 24.3. The van der Waals surface area contributed by atoms with Crippen LogP contribution in [0.2, 0.25) is 0 Å². The van der Waals surface area contributed by atoms with E-state index in [9.17, 15) is 9.59 Å². The lowest BCUT2D eigenvalue weighted by Crippen LogP contribution is -2.29. The molecule has 0 spiro atoms. The van der Waals surface area contributed by atoms with Crippen molar-refractivity contribution in [1.82, 2.24) is 4.98 Å². The predicted octanol–water partition coefficient (Wildman–Crippen LogP) is 6.03. The molecule has 0 bridgehead atoms. The van der Waals surface area contributed by atoms with Crippen LogP contribution in [-0.2, 0) is 20.7 Å². The van der Waals surface area contributed by atoms with E-state index in [0.717, 1.165) is 52.0 Å². The Labute approximate surface area is 203 Å². The molecule has 0 saturated heterocycles. The summed E-state index contributed by atoms with van der Waals surface area (Å²) >= 11 is 1.35. The molecule has 0 N–H and O–H groups in total. The van der Waals surface area contributed by atoms with Gasteiger partial charge in [0, 0.05) is 28.4 Å². The number of benzene rings is 1. The smallest absolute Gasteiger partial charge is 0.340 e. The second-order valence-corrected chi connectivity index (χ2v) is 10.1. The molecule has 3 aromatic rings. The van der Waals surface area contributed by atoms with Gasteiger partial charge in [0.25, 0.3) is 0 Å². The van der Waals surface area contributed by atoms with E-state index < -0.39 is 17.7 Å². The number of rotatable bonds is 7. The number of hydrogen-bond acceptors (Lipinski definition) is 7. The highest BCUT2D eigenvalue weighted by molar-refractivity contribution is 7.18. The van der Waals surface area contributed by atoms with E-state index in [1.165, 1.54) is 11.3 Å². The molecule has 34 heavy (non-hydrogen) atoms. The Morgan fingerprint density at radius 3 is 2.65 bits per heavy atom. The van der Waals surface area contributed by atoms with Crippen LogP contribution >= 0.6 is 11.3 Å². The van der Waals surface area contributed by atoms with Crippen molar-refractivity contribution < 1.29 is 23.8 Å². The summed E-state index contributed by atoms with van der Waals surface area (Å²) in [4.78, 5) is 30.9. The van der Waals surface area contributed by atoms with Gasteiger partial charge in [-0.05, 0) is 81.5 Å². The van der Waals surface area contributed by atoms with Gasteiger partial charge in [0.2, 0.25) is 0 Å². The predicted molar refractivity (Wildman–Crippen MR) is 132 cm³/mol. The minimum atomic E-state index is -1.05. The third-order valence-electron chi connectivity index (χ3n) is 5.45. The number of aromatic nitrogens is 1. The van der Waals surface area contributed by atoms with Gasteiger partial charge in [0.15, 0.2) is 12.4 Å². The molecule has 2 aromatic heterocycles. The summed E-state index contributed by atoms with van der Waals surface area (Å²) in [6.45, 7) is 8.32. The molecular formula is C27H29NO5S. The van der Waals surface area contributed by atoms with Gasteiger partial charge in [-0.15, -0.1) is 11.3 Å². The molecule has 0 radical (unpaired) electrons. The molecule has 1 aliphatic heterocycles. The minimum absolute atomic E-state index is 0.214. The number of thiophene rings is 1. The Hall–Kier alpha value is -3.03. The number of ether oxygens (including phenoxy) is 3. The number of aryl methyl sites for hydroxylation is 1. The van der Waals surface area contributed by atoms with Crippen molar-refractivity contribution in [2.24, 2.45) is 0 Å². The summed E-state index contributed by atoms with van der Waals surface area (Å²) in [5.41, 5.74) is 3.63. The number of aldehydes is 1. The van der Waals surface area contributed by atoms with Crippen LogP contribution in [0.5, 0.6) is 5.75 Å². The van der Waals surface area contributed by atoms with Crippen molar-refractivity contribution >= 4 is 23.6 Å². The molecule has 1 unspecified atom stereocenters. The van der Waals surface area contributed by atoms with Gasteiger partial charge in [0.1, 0.15) is 5.75 Å². The van der Waals surface area contributed by atoms with Gasteiger partial charge in [0.05, 0.1) is 23.7 Å². The number of carbonyl (C=O) groups excluding carboxylic acids is 2. The summed E-state index contributed by atoms with van der Waals surface area (Å²) in [5, 5.41) is 0. The van der Waals surface area contributed by atoms with Crippen molar-refractivity contribution in [2.45, 2.75) is 52.2 Å². The molecule has 4 rings (SSSR count). The first-order valence-electron chi connectivity index (χ1n) is 11.4. The van der Waals surface area contributed by atoms with Crippen molar-refractivity contribution in [3.63, 3.8) is 0 Å². The van der Waals surface area contributed by atoms with Gasteiger partial charge in [-0.2, -0.15) is 0 Å². The molecule has 1 aliphatic rings. The number of pyridine rings is 1. The maximum atomic E-state index is 13.2. The second-order valence-electron chi connectivity index (χ2n) is 9.07. The molecule has 0 aliphatic carbocycles. The van der Waals surface area contributed by atoms with Crippen LogP contribution < -0.4 is 4.74 Å². The van der Waals surface area contributed by atoms with Crippen molar-refractivity contribution in [3.8, 4) is 27.3 Å². The van der Waals surface area contributed by atoms with E-state index in [0.29, 0.717) is 17.0 Å². The average Bonchev–Trinajstić information content (AvgIpc) is 3.22. The van der Waals surface area contributed by atoms with Crippen molar-refractivity contribution in [2.75, 3.05) is 13.2 Å². The quantitative estimate of drug-likeness (QED) is 0.304. The Morgan fingerprint density at radius 2 is 1.97 bits per heavy atom. The molecule has 1 aromatic carbocycles. The molecule has 0 fully saturated rings. The average molecular weight is 480 g/mol. The van der Waals surface area contributed by atoms with Crippen LogP contribution in [0.15, 0.2) is 42.7 Å². The molecule has 178 valence electrons. The van der Waals surface area contributed by atoms with E-state index in [-0.39, 0.29) is 6.61 Å². The molecule has 7 heteroatoms. The zero-order valence-electron chi connectivity index (χ0n) is 19.9. The monoisotopic (exact) mass is 479 g/mol. The molecule has 0 saturated carbocycles. The van der Waals surface area contributed by atoms with Gasteiger partial charge < -0.3 is 14.2 Å². The SMILES string of the molecule is CCOC(=O)C(OC(C)(C)C)c1c(C=O)sc(-c2ccncc2)c1-c1ccc2c(c1)CCCO2. The summed E-state index contributed by atoms with van der Waals surface area (Å²) in [6.07, 6.45) is 5.04. The summed E-state index contributed by atoms with van der Waals surface area (Å²) < 4.78 is 17.4. The lowest BCUT2D eigenvalue weighted by atomic mass is 9.92. The van der Waals surface area contributed by atoms with E-state index >= 15 is 0 Å². The molecule has 3 heterocycles. The Morgan fingerprint density at radius 1 is 1.21 bits per heavy atom. The van der Waals surface area contributed by atoms with Gasteiger partial charge in [-0.3, -0.25) is 9.78 Å². The lowest BCUT2D eigenvalue weighted by molar-refractivity contribution is -0.166. The van der Waals surface area contributed by atoms with Gasteiger partial charge >= 0.3 is 5.97 Å². The standard InChI is InChI=1S/C27H29NO5S/c1-5-31-26(30)24(33-27(2,3)4)23-21(16-29)34-25(17-10-12-28-13-11-17)22(23)19-8-9-20-18(15-19)7-6-14-32-20/h8-13,15-16,24H,5-7,14H2,1-4H3. The van der Waals surface area contributed by atoms with Crippen LogP contribution in [-0.4, -0.2) is 36.1 Å². The van der Waals surface area contributed by atoms with Crippen molar-refractivity contribution in [3.05, 3.63) is 58.7 Å². The summed E-state index contributed by atoms with van der Waals surface area (Å²) in [5.74, 6) is 0.364. The first-order valence-corrected chi connectivity index (χ1v) is 12.3. The number of fused-ring (bicyclic) bond motifs is 1. The fraction of sp³-hybridized carbons (Fsp3) is 0.370. The van der Waals surface area contributed by atoms with Crippen LogP contribution in [0.1, 0.15) is 61.0 Å². The van der Waals surface area contributed by atoms with Crippen LogP contribution in [0.25, 0.3) is 21.6 Å². The third-order valence-corrected chi connectivity index (χ3v) is 6.63. The van der Waals surface area contributed by atoms with Crippen LogP contribution in [0, 0.1) is 0 Å². The summed E-state index contributed by atoms with van der Waals surface area (Å²) in [7, 11) is 0. The number of carbonyl (C=O) groups is 2. The lowest BCUT2D eigenvalue weighted by Gasteiger charge is -2.27. The first kappa shape index (κ1) is 24.1. The number of nitrogens with zero attached hydrogens (tertiary/aromatic N) is 1. The number of hydrogen-bond donors (Lipinski definition) is 0. The highest BCUT2D eigenvalue weighted by Crippen LogP contribution is 2.47.